The number of aldehydes is 1. The fourth-order valence-corrected chi connectivity index (χ4v) is 3.26. The van der Waals surface area contributed by atoms with Crippen LogP contribution in [0.15, 0.2) is 18.2 Å². The summed E-state index contributed by atoms with van der Waals surface area (Å²) in [5.41, 5.74) is 0.491. The molecule has 0 amide bonds. The van der Waals surface area contributed by atoms with Crippen molar-refractivity contribution in [3.63, 3.8) is 0 Å². The van der Waals surface area contributed by atoms with Crippen LogP contribution in [0.25, 0.3) is 0 Å². The molecule has 1 saturated carbocycles. The lowest BCUT2D eigenvalue weighted by Crippen LogP contribution is -2.34. The highest BCUT2D eigenvalue weighted by Gasteiger charge is 2.33. The Labute approximate surface area is 114 Å². The molecular formula is C16H21FO2. The first kappa shape index (κ1) is 14.0. The molecule has 2 atom stereocenters. The van der Waals surface area contributed by atoms with Gasteiger partial charge in [0.15, 0.2) is 17.9 Å². The van der Waals surface area contributed by atoms with Gasteiger partial charge in [-0.15, -0.1) is 0 Å². The van der Waals surface area contributed by atoms with Crippen molar-refractivity contribution in [3.05, 3.63) is 29.6 Å². The molecule has 0 aliphatic heterocycles. The van der Waals surface area contributed by atoms with Crippen LogP contribution >= 0.6 is 0 Å². The predicted molar refractivity (Wildman–Crippen MR) is 73.0 cm³/mol. The average Bonchev–Trinajstić information content (AvgIpc) is 2.29. The molecule has 0 saturated heterocycles. The Morgan fingerprint density at radius 2 is 2.11 bits per heavy atom. The van der Waals surface area contributed by atoms with E-state index in [1.165, 1.54) is 12.1 Å². The zero-order valence-electron chi connectivity index (χ0n) is 11.8. The highest BCUT2D eigenvalue weighted by atomic mass is 19.1. The molecule has 1 fully saturated rings. The van der Waals surface area contributed by atoms with E-state index in [0.717, 1.165) is 19.3 Å². The molecule has 3 heteroatoms. The SMILES string of the molecule is CC1CC(Oc2c(F)cccc2C=O)CC(C)(C)C1. The molecule has 1 aliphatic carbocycles. The third kappa shape index (κ3) is 3.34. The smallest absolute Gasteiger partial charge is 0.165 e. The second-order valence-corrected chi connectivity index (χ2v) is 6.43. The summed E-state index contributed by atoms with van der Waals surface area (Å²) in [5, 5.41) is 0. The minimum atomic E-state index is -0.458. The summed E-state index contributed by atoms with van der Waals surface area (Å²) in [6.07, 6.45) is 3.59. The number of benzene rings is 1. The standard InChI is InChI=1S/C16H21FO2/c1-11-7-13(9-16(2,3)8-11)19-15-12(10-18)5-4-6-14(15)17/h4-6,10-11,13H,7-9H2,1-3H3. The van der Waals surface area contributed by atoms with Crippen LogP contribution in [-0.4, -0.2) is 12.4 Å². The molecule has 0 N–H and O–H groups in total. The van der Waals surface area contributed by atoms with E-state index in [1.807, 2.05) is 0 Å². The van der Waals surface area contributed by atoms with Crippen LogP contribution in [-0.2, 0) is 0 Å². The van der Waals surface area contributed by atoms with Crippen LogP contribution in [0.1, 0.15) is 50.4 Å². The van der Waals surface area contributed by atoms with E-state index in [9.17, 15) is 9.18 Å². The Morgan fingerprint density at radius 1 is 1.37 bits per heavy atom. The third-order valence-corrected chi connectivity index (χ3v) is 3.76. The van der Waals surface area contributed by atoms with Gasteiger partial charge in [-0.1, -0.05) is 26.8 Å². The number of rotatable bonds is 3. The number of hydrogen-bond acceptors (Lipinski definition) is 2. The topological polar surface area (TPSA) is 26.3 Å². The zero-order valence-corrected chi connectivity index (χ0v) is 11.8. The zero-order chi connectivity index (χ0) is 14.0. The summed E-state index contributed by atoms with van der Waals surface area (Å²) in [6.45, 7) is 6.61. The van der Waals surface area contributed by atoms with Gasteiger partial charge in [-0.05, 0) is 42.7 Å². The molecule has 19 heavy (non-hydrogen) atoms. The minimum absolute atomic E-state index is 0.0191. The second-order valence-electron chi connectivity index (χ2n) is 6.43. The van der Waals surface area contributed by atoms with Crippen molar-refractivity contribution in [1.82, 2.24) is 0 Å². The second kappa shape index (κ2) is 5.32. The molecule has 0 bridgehead atoms. The maximum atomic E-state index is 13.8. The van der Waals surface area contributed by atoms with Crippen LogP contribution < -0.4 is 4.74 Å². The molecule has 2 rings (SSSR count). The summed E-state index contributed by atoms with van der Waals surface area (Å²) in [4.78, 5) is 11.0. The molecule has 1 aromatic rings. The van der Waals surface area contributed by atoms with Crippen LogP contribution in [0.4, 0.5) is 4.39 Å². The van der Waals surface area contributed by atoms with Crippen molar-refractivity contribution in [2.24, 2.45) is 11.3 Å². The number of carbonyl (C=O) groups excluding carboxylic acids is 1. The summed E-state index contributed by atoms with van der Waals surface area (Å²) < 4.78 is 19.6. The fraction of sp³-hybridized carbons (Fsp3) is 0.562. The first-order valence-electron chi connectivity index (χ1n) is 6.81. The summed E-state index contributed by atoms with van der Waals surface area (Å²) in [5.74, 6) is 0.202. The number of para-hydroxylation sites is 1. The Balaban J connectivity index is 2.19. The first-order valence-corrected chi connectivity index (χ1v) is 6.81. The normalized spacial score (nSPS) is 25.9. The quantitative estimate of drug-likeness (QED) is 0.764. The lowest BCUT2D eigenvalue weighted by molar-refractivity contribution is 0.0530. The summed E-state index contributed by atoms with van der Waals surface area (Å²) in [7, 11) is 0. The molecule has 0 spiro atoms. The van der Waals surface area contributed by atoms with Crippen LogP contribution in [0, 0.1) is 17.2 Å². The molecule has 1 aromatic carbocycles. The number of ether oxygens (including phenoxy) is 1. The Hall–Kier alpha value is -1.38. The Bertz CT molecular complexity index is 468. The fourth-order valence-electron chi connectivity index (χ4n) is 3.26. The van der Waals surface area contributed by atoms with Gasteiger partial charge in [0.05, 0.1) is 11.7 Å². The molecular weight excluding hydrogens is 243 g/mol. The van der Waals surface area contributed by atoms with Gasteiger partial charge in [-0.2, -0.15) is 0 Å². The van der Waals surface area contributed by atoms with Crippen LogP contribution in [0.5, 0.6) is 5.75 Å². The lowest BCUT2D eigenvalue weighted by atomic mass is 9.71. The highest BCUT2D eigenvalue weighted by molar-refractivity contribution is 5.79. The van der Waals surface area contributed by atoms with Crippen molar-refractivity contribution in [3.8, 4) is 5.75 Å². The number of halogens is 1. The third-order valence-electron chi connectivity index (χ3n) is 3.76. The number of hydrogen-bond donors (Lipinski definition) is 0. The lowest BCUT2D eigenvalue weighted by Gasteiger charge is -2.39. The predicted octanol–water partition coefficient (Wildman–Crippen LogP) is 4.23. The van der Waals surface area contributed by atoms with E-state index in [4.69, 9.17) is 4.74 Å². The van der Waals surface area contributed by atoms with E-state index in [0.29, 0.717) is 12.2 Å². The average molecular weight is 264 g/mol. The summed E-state index contributed by atoms with van der Waals surface area (Å²) in [6, 6.07) is 4.45. The minimum Gasteiger partial charge on any atom is -0.487 e. The van der Waals surface area contributed by atoms with Crippen molar-refractivity contribution in [1.29, 1.82) is 0 Å². The van der Waals surface area contributed by atoms with Gasteiger partial charge < -0.3 is 4.74 Å². The van der Waals surface area contributed by atoms with Crippen LogP contribution in [0.3, 0.4) is 0 Å². The van der Waals surface area contributed by atoms with Crippen LogP contribution in [0.2, 0.25) is 0 Å². The van der Waals surface area contributed by atoms with Crippen molar-refractivity contribution >= 4 is 6.29 Å². The molecule has 104 valence electrons. The molecule has 1 aliphatic rings. The van der Waals surface area contributed by atoms with E-state index < -0.39 is 5.82 Å². The monoisotopic (exact) mass is 264 g/mol. The largest absolute Gasteiger partial charge is 0.487 e. The van der Waals surface area contributed by atoms with Crippen molar-refractivity contribution < 1.29 is 13.9 Å². The Kier molecular flexibility index (Phi) is 3.93. The molecule has 0 heterocycles. The Morgan fingerprint density at radius 3 is 2.74 bits per heavy atom. The highest BCUT2D eigenvalue weighted by Crippen LogP contribution is 2.40. The van der Waals surface area contributed by atoms with Gasteiger partial charge >= 0.3 is 0 Å². The molecule has 2 unspecified atom stereocenters. The number of carbonyl (C=O) groups is 1. The van der Waals surface area contributed by atoms with E-state index in [-0.39, 0.29) is 22.8 Å². The van der Waals surface area contributed by atoms with Gasteiger partial charge in [0, 0.05) is 0 Å². The van der Waals surface area contributed by atoms with E-state index >= 15 is 0 Å². The van der Waals surface area contributed by atoms with Gasteiger partial charge in [-0.25, -0.2) is 4.39 Å². The van der Waals surface area contributed by atoms with Gasteiger partial charge in [-0.3, -0.25) is 4.79 Å². The van der Waals surface area contributed by atoms with Gasteiger partial charge in [0.2, 0.25) is 0 Å². The molecule has 2 nitrogen and oxygen atoms in total. The van der Waals surface area contributed by atoms with Crippen molar-refractivity contribution in [2.45, 2.75) is 46.1 Å². The van der Waals surface area contributed by atoms with E-state index in [2.05, 4.69) is 20.8 Å². The first-order chi connectivity index (χ1) is 8.91. The maximum Gasteiger partial charge on any atom is 0.165 e. The summed E-state index contributed by atoms with van der Waals surface area (Å²) >= 11 is 0. The van der Waals surface area contributed by atoms with Gasteiger partial charge in [0.1, 0.15) is 0 Å². The van der Waals surface area contributed by atoms with E-state index in [1.54, 1.807) is 6.07 Å². The molecule has 0 radical (unpaired) electrons. The van der Waals surface area contributed by atoms with Gasteiger partial charge in [0.25, 0.3) is 0 Å². The van der Waals surface area contributed by atoms with Crippen molar-refractivity contribution in [2.75, 3.05) is 0 Å². The molecule has 0 aromatic heterocycles. The maximum absolute atomic E-state index is 13.8.